The zero-order valence-corrected chi connectivity index (χ0v) is 11.1. The number of phenolic OH excluding ortho intramolecular Hbond substituents is 2. The molecule has 0 aromatic heterocycles. The van der Waals surface area contributed by atoms with E-state index in [-0.39, 0.29) is 29.0 Å². The van der Waals surface area contributed by atoms with Gasteiger partial charge < -0.3 is 20.4 Å². The van der Waals surface area contributed by atoms with Gasteiger partial charge in [0.15, 0.2) is 0 Å². The Morgan fingerprint density at radius 2 is 2.05 bits per heavy atom. The van der Waals surface area contributed by atoms with Gasteiger partial charge in [-0.05, 0) is 38.1 Å². The number of benzene rings is 1. The molecule has 1 aliphatic rings. The Balaban J connectivity index is 2.00. The van der Waals surface area contributed by atoms with E-state index in [4.69, 9.17) is 0 Å². The number of aromatic hydroxyl groups is 2. The lowest BCUT2D eigenvalue weighted by Crippen LogP contribution is -2.47. The summed E-state index contributed by atoms with van der Waals surface area (Å²) in [5.74, 6) is -0.470. The van der Waals surface area contributed by atoms with Crippen LogP contribution in [0.1, 0.15) is 30.1 Å². The van der Waals surface area contributed by atoms with Crippen LogP contribution in [0.2, 0.25) is 0 Å². The first-order valence-corrected chi connectivity index (χ1v) is 6.64. The molecule has 19 heavy (non-hydrogen) atoms. The Bertz CT molecular complexity index is 442. The smallest absolute Gasteiger partial charge is 0.251 e. The first kappa shape index (κ1) is 13.7. The molecule has 1 amide bonds. The molecule has 1 saturated heterocycles. The van der Waals surface area contributed by atoms with E-state index >= 15 is 0 Å². The van der Waals surface area contributed by atoms with Crippen molar-refractivity contribution in [3.63, 3.8) is 0 Å². The summed E-state index contributed by atoms with van der Waals surface area (Å²) in [6.07, 6.45) is 2.04. The molecule has 0 bridgehead atoms. The maximum atomic E-state index is 12.1. The van der Waals surface area contributed by atoms with Crippen LogP contribution in [0.15, 0.2) is 18.2 Å². The van der Waals surface area contributed by atoms with Crippen LogP contribution in [-0.2, 0) is 0 Å². The van der Waals surface area contributed by atoms with E-state index in [0.29, 0.717) is 0 Å². The first-order valence-electron chi connectivity index (χ1n) is 6.64. The Morgan fingerprint density at radius 3 is 2.68 bits per heavy atom. The second-order valence-corrected chi connectivity index (χ2v) is 4.94. The van der Waals surface area contributed by atoms with Crippen LogP contribution in [0.25, 0.3) is 0 Å². The van der Waals surface area contributed by atoms with E-state index in [1.165, 1.54) is 18.2 Å². The van der Waals surface area contributed by atoms with Gasteiger partial charge in [0.05, 0.1) is 0 Å². The number of piperidine rings is 1. The van der Waals surface area contributed by atoms with Crippen LogP contribution in [-0.4, -0.2) is 46.7 Å². The third kappa shape index (κ3) is 3.61. The molecule has 1 unspecified atom stereocenters. The van der Waals surface area contributed by atoms with Gasteiger partial charge in [-0.15, -0.1) is 0 Å². The van der Waals surface area contributed by atoms with Crippen molar-refractivity contribution < 1.29 is 15.0 Å². The normalized spacial score (nSPS) is 20.2. The number of hydrogen-bond acceptors (Lipinski definition) is 4. The highest BCUT2D eigenvalue weighted by molar-refractivity contribution is 5.95. The highest BCUT2D eigenvalue weighted by atomic mass is 16.3. The van der Waals surface area contributed by atoms with E-state index in [0.717, 1.165) is 32.5 Å². The standard InChI is InChI=1S/C14H20N2O3/c1-2-16-5-3-4-11(9-16)15-14(19)10-6-12(17)8-13(18)7-10/h6-8,11,17-18H,2-5,9H2,1H3,(H,15,19). The average molecular weight is 264 g/mol. The molecule has 1 aliphatic heterocycles. The summed E-state index contributed by atoms with van der Waals surface area (Å²) in [6, 6.07) is 4.05. The molecule has 1 fully saturated rings. The third-order valence-corrected chi connectivity index (χ3v) is 3.45. The van der Waals surface area contributed by atoms with Crippen LogP contribution < -0.4 is 5.32 Å². The maximum Gasteiger partial charge on any atom is 0.251 e. The molecule has 5 nitrogen and oxygen atoms in total. The molecule has 104 valence electrons. The number of hydrogen-bond donors (Lipinski definition) is 3. The molecule has 0 spiro atoms. The zero-order valence-electron chi connectivity index (χ0n) is 11.1. The molecule has 1 atom stereocenters. The Labute approximate surface area is 112 Å². The lowest BCUT2D eigenvalue weighted by Gasteiger charge is -2.32. The monoisotopic (exact) mass is 264 g/mol. The van der Waals surface area contributed by atoms with Crippen molar-refractivity contribution in [2.24, 2.45) is 0 Å². The van der Waals surface area contributed by atoms with Gasteiger partial charge in [-0.2, -0.15) is 0 Å². The Hall–Kier alpha value is -1.75. The number of nitrogens with one attached hydrogen (secondary N) is 1. The van der Waals surface area contributed by atoms with Crippen molar-refractivity contribution in [1.29, 1.82) is 0 Å². The highest BCUT2D eigenvalue weighted by Crippen LogP contribution is 2.20. The zero-order chi connectivity index (χ0) is 13.8. The number of likely N-dealkylation sites (tertiary alicyclic amines) is 1. The second-order valence-electron chi connectivity index (χ2n) is 4.94. The fourth-order valence-corrected chi connectivity index (χ4v) is 2.46. The van der Waals surface area contributed by atoms with E-state index in [1.807, 2.05) is 0 Å². The Kier molecular flexibility index (Phi) is 4.27. The van der Waals surface area contributed by atoms with E-state index in [1.54, 1.807) is 0 Å². The molecule has 0 saturated carbocycles. The second kappa shape index (κ2) is 5.93. The minimum atomic E-state index is -0.255. The van der Waals surface area contributed by atoms with Gasteiger partial charge in [0.25, 0.3) is 5.91 Å². The highest BCUT2D eigenvalue weighted by Gasteiger charge is 2.21. The molecule has 1 heterocycles. The molecule has 0 aliphatic carbocycles. The molecule has 0 radical (unpaired) electrons. The van der Waals surface area contributed by atoms with Crippen molar-refractivity contribution in [2.75, 3.05) is 19.6 Å². The SMILES string of the molecule is CCN1CCCC(NC(=O)c2cc(O)cc(O)c2)C1. The summed E-state index contributed by atoms with van der Waals surface area (Å²) in [4.78, 5) is 14.4. The van der Waals surface area contributed by atoms with Gasteiger partial charge in [0, 0.05) is 24.2 Å². The van der Waals surface area contributed by atoms with E-state index < -0.39 is 0 Å². The summed E-state index contributed by atoms with van der Waals surface area (Å²) in [5.41, 5.74) is 0.283. The Morgan fingerprint density at radius 1 is 1.37 bits per heavy atom. The first-order chi connectivity index (χ1) is 9.08. The lowest BCUT2D eigenvalue weighted by atomic mass is 10.0. The van der Waals surface area contributed by atoms with Crippen LogP contribution in [0.5, 0.6) is 11.5 Å². The summed E-state index contributed by atoms with van der Waals surface area (Å²) >= 11 is 0. The molecule has 5 heteroatoms. The van der Waals surface area contributed by atoms with Crippen molar-refractivity contribution in [2.45, 2.75) is 25.8 Å². The number of rotatable bonds is 3. The molecule has 3 N–H and O–H groups in total. The number of nitrogens with zero attached hydrogens (tertiary/aromatic N) is 1. The van der Waals surface area contributed by atoms with Gasteiger partial charge in [0.1, 0.15) is 11.5 Å². The minimum Gasteiger partial charge on any atom is -0.508 e. The van der Waals surface area contributed by atoms with Gasteiger partial charge in [-0.3, -0.25) is 4.79 Å². The van der Waals surface area contributed by atoms with Crippen LogP contribution in [0.4, 0.5) is 0 Å². The topological polar surface area (TPSA) is 72.8 Å². The van der Waals surface area contributed by atoms with Crippen LogP contribution in [0.3, 0.4) is 0 Å². The summed E-state index contributed by atoms with van der Waals surface area (Å²) in [5, 5.41) is 21.7. The summed E-state index contributed by atoms with van der Waals surface area (Å²) in [7, 11) is 0. The number of carbonyl (C=O) groups excluding carboxylic acids is 1. The molecule has 2 rings (SSSR count). The lowest BCUT2D eigenvalue weighted by molar-refractivity contribution is 0.0905. The average Bonchev–Trinajstić information content (AvgIpc) is 2.37. The van der Waals surface area contributed by atoms with Crippen molar-refractivity contribution in [3.05, 3.63) is 23.8 Å². The summed E-state index contributed by atoms with van der Waals surface area (Å²) < 4.78 is 0. The third-order valence-electron chi connectivity index (χ3n) is 3.45. The molecule has 1 aromatic carbocycles. The van der Waals surface area contributed by atoms with Crippen LogP contribution >= 0.6 is 0 Å². The van der Waals surface area contributed by atoms with E-state index in [2.05, 4.69) is 17.1 Å². The van der Waals surface area contributed by atoms with Crippen molar-refractivity contribution in [1.82, 2.24) is 10.2 Å². The van der Waals surface area contributed by atoms with Gasteiger partial charge in [-0.25, -0.2) is 0 Å². The number of amides is 1. The fourth-order valence-electron chi connectivity index (χ4n) is 2.46. The number of phenols is 2. The van der Waals surface area contributed by atoms with Crippen molar-refractivity contribution >= 4 is 5.91 Å². The molecular formula is C14H20N2O3. The van der Waals surface area contributed by atoms with Gasteiger partial charge in [0.2, 0.25) is 0 Å². The maximum absolute atomic E-state index is 12.1. The predicted molar refractivity (Wildman–Crippen MR) is 72.4 cm³/mol. The van der Waals surface area contributed by atoms with Gasteiger partial charge in [-0.1, -0.05) is 6.92 Å². The minimum absolute atomic E-state index is 0.107. The predicted octanol–water partition coefficient (Wildman–Crippen LogP) is 1.31. The molecule has 1 aromatic rings. The number of likely N-dealkylation sites (N-methyl/N-ethyl adjacent to an activating group) is 1. The largest absolute Gasteiger partial charge is 0.508 e. The molecular weight excluding hydrogens is 244 g/mol. The van der Waals surface area contributed by atoms with E-state index in [9.17, 15) is 15.0 Å². The van der Waals surface area contributed by atoms with Gasteiger partial charge >= 0.3 is 0 Å². The number of carbonyl (C=O) groups is 1. The van der Waals surface area contributed by atoms with Crippen molar-refractivity contribution in [3.8, 4) is 11.5 Å². The fraction of sp³-hybridized carbons (Fsp3) is 0.500. The summed E-state index contributed by atoms with van der Waals surface area (Å²) in [6.45, 7) is 5.03. The quantitative estimate of drug-likeness (QED) is 0.769. The van der Waals surface area contributed by atoms with Crippen LogP contribution in [0, 0.1) is 0 Å².